The lowest BCUT2D eigenvalue weighted by atomic mass is 9.72. The molecule has 1 aromatic rings. The Labute approximate surface area is 189 Å². The SMILES string of the molecule is CC(C)(C)OC(=O)NC1CCN(CC(c2cccc(Br)c2)C2(O)CCCCC2)CC1. The van der Waals surface area contributed by atoms with Gasteiger partial charge in [-0.1, -0.05) is 47.3 Å². The fraction of sp³-hybridized carbons (Fsp3) is 0.708. The van der Waals surface area contributed by atoms with E-state index in [4.69, 9.17) is 4.74 Å². The number of amides is 1. The zero-order valence-corrected chi connectivity index (χ0v) is 20.2. The second-order valence-electron chi connectivity index (χ2n) is 9.99. The highest BCUT2D eigenvalue weighted by atomic mass is 79.9. The van der Waals surface area contributed by atoms with Gasteiger partial charge in [-0.3, -0.25) is 0 Å². The number of rotatable bonds is 5. The second-order valence-corrected chi connectivity index (χ2v) is 10.9. The van der Waals surface area contributed by atoms with Crippen LogP contribution in [0.5, 0.6) is 0 Å². The predicted molar refractivity (Wildman–Crippen MR) is 124 cm³/mol. The van der Waals surface area contributed by atoms with E-state index in [-0.39, 0.29) is 18.1 Å². The molecule has 1 saturated carbocycles. The minimum atomic E-state index is -0.634. The molecule has 0 radical (unpaired) electrons. The maximum Gasteiger partial charge on any atom is 0.407 e. The van der Waals surface area contributed by atoms with Crippen molar-refractivity contribution >= 4 is 22.0 Å². The molecule has 2 N–H and O–H groups in total. The molecule has 3 rings (SSSR count). The van der Waals surface area contributed by atoms with Crippen molar-refractivity contribution in [2.75, 3.05) is 19.6 Å². The Kier molecular flexibility index (Phi) is 7.86. The Morgan fingerprint density at radius 3 is 2.53 bits per heavy atom. The number of ether oxygens (including phenoxy) is 1. The number of piperidine rings is 1. The quantitative estimate of drug-likeness (QED) is 0.606. The largest absolute Gasteiger partial charge is 0.444 e. The van der Waals surface area contributed by atoms with Crippen molar-refractivity contribution in [3.05, 3.63) is 34.3 Å². The molecular weight excluding hydrogens is 444 g/mol. The van der Waals surface area contributed by atoms with Gasteiger partial charge in [0, 0.05) is 36.1 Å². The summed E-state index contributed by atoms with van der Waals surface area (Å²) < 4.78 is 6.45. The van der Waals surface area contributed by atoms with Gasteiger partial charge in [0.2, 0.25) is 0 Å². The maximum atomic E-state index is 12.1. The number of halogens is 1. The summed E-state index contributed by atoms with van der Waals surface area (Å²) in [4.78, 5) is 14.5. The van der Waals surface area contributed by atoms with E-state index in [1.807, 2.05) is 26.8 Å². The smallest absolute Gasteiger partial charge is 0.407 e. The first kappa shape index (κ1) is 23.6. The summed E-state index contributed by atoms with van der Waals surface area (Å²) in [5.41, 5.74) is 0.102. The van der Waals surface area contributed by atoms with Crippen LogP contribution in [0.15, 0.2) is 28.7 Å². The monoisotopic (exact) mass is 480 g/mol. The van der Waals surface area contributed by atoms with Gasteiger partial charge in [0.1, 0.15) is 5.60 Å². The molecular formula is C24H37BrN2O3. The molecule has 1 heterocycles. The Hall–Kier alpha value is -1.11. The molecule has 1 aliphatic heterocycles. The number of aliphatic hydroxyl groups is 1. The summed E-state index contributed by atoms with van der Waals surface area (Å²) in [6.45, 7) is 8.34. The van der Waals surface area contributed by atoms with E-state index in [2.05, 4.69) is 44.3 Å². The zero-order valence-electron chi connectivity index (χ0n) is 18.6. The lowest BCUT2D eigenvalue weighted by Crippen LogP contribution is -2.49. The predicted octanol–water partition coefficient (Wildman–Crippen LogP) is 5.22. The van der Waals surface area contributed by atoms with Crippen molar-refractivity contribution in [1.29, 1.82) is 0 Å². The Balaban J connectivity index is 1.61. The van der Waals surface area contributed by atoms with Crippen LogP contribution in [-0.4, -0.2) is 53.0 Å². The molecule has 0 bridgehead atoms. The molecule has 2 fully saturated rings. The van der Waals surface area contributed by atoms with E-state index in [1.54, 1.807) is 0 Å². The van der Waals surface area contributed by atoms with E-state index in [1.165, 1.54) is 12.0 Å². The van der Waals surface area contributed by atoms with Gasteiger partial charge in [0.05, 0.1) is 5.60 Å². The van der Waals surface area contributed by atoms with Crippen molar-refractivity contribution in [2.45, 2.75) is 88.9 Å². The van der Waals surface area contributed by atoms with Crippen molar-refractivity contribution in [3.63, 3.8) is 0 Å². The Morgan fingerprint density at radius 2 is 1.93 bits per heavy atom. The molecule has 30 heavy (non-hydrogen) atoms. The molecule has 1 atom stereocenters. The first-order valence-electron chi connectivity index (χ1n) is 11.3. The summed E-state index contributed by atoms with van der Waals surface area (Å²) >= 11 is 3.60. The summed E-state index contributed by atoms with van der Waals surface area (Å²) in [6, 6.07) is 8.57. The van der Waals surface area contributed by atoms with Gasteiger partial charge in [0.15, 0.2) is 0 Å². The lowest BCUT2D eigenvalue weighted by Gasteiger charge is -2.43. The molecule has 1 aliphatic carbocycles. The molecule has 1 unspecified atom stereocenters. The van der Waals surface area contributed by atoms with Crippen molar-refractivity contribution in [3.8, 4) is 0 Å². The molecule has 5 nitrogen and oxygen atoms in total. The third-order valence-electron chi connectivity index (χ3n) is 6.37. The second kappa shape index (κ2) is 10.0. The van der Waals surface area contributed by atoms with Crippen LogP contribution in [0.2, 0.25) is 0 Å². The van der Waals surface area contributed by atoms with Gasteiger partial charge in [-0.25, -0.2) is 4.79 Å². The van der Waals surface area contributed by atoms with Gasteiger partial charge in [0.25, 0.3) is 0 Å². The average Bonchev–Trinajstić information content (AvgIpc) is 2.66. The number of hydrogen-bond acceptors (Lipinski definition) is 4. The highest BCUT2D eigenvalue weighted by Gasteiger charge is 2.40. The van der Waals surface area contributed by atoms with Crippen LogP contribution in [0.3, 0.4) is 0 Å². The van der Waals surface area contributed by atoms with Gasteiger partial charge < -0.3 is 20.1 Å². The summed E-state index contributed by atoms with van der Waals surface area (Å²) in [5.74, 6) is 0.102. The van der Waals surface area contributed by atoms with E-state index in [0.29, 0.717) is 0 Å². The number of hydrogen-bond donors (Lipinski definition) is 2. The van der Waals surface area contributed by atoms with Gasteiger partial charge in [-0.05, 0) is 64.2 Å². The summed E-state index contributed by atoms with van der Waals surface area (Å²) in [5, 5.41) is 14.6. The first-order valence-corrected chi connectivity index (χ1v) is 12.1. The van der Waals surface area contributed by atoms with Crippen molar-refractivity contribution in [1.82, 2.24) is 10.2 Å². The normalized spacial score (nSPS) is 21.8. The van der Waals surface area contributed by atoms with Gasteiger partial charge in [-0.15, -0.1) is 0 Å². The molecule has 0 aromatic heterocycles. The van der Waals surface area contributed by atoms with Crippen LogP contribution in [0.25, 0.3) is 0 Å². The number of nitrogens with one attached hydrogen (secondary N) is 1. The Morgan fingerprint density at radius 1 is 1.27 bits per heavy atom. The van der Waals surface area contributed by atoms with Gasteiger partial charge >= 0.3 is 6.09 Å². The number of carbonyl (C=O) groups excluding carboxylic acids is 1. The number of nitrogens with zero attached hydrogens (tertiary/aromatic N) is 1. The zero-order chi connectivity index (χ0) is 21.8. The van der Waals surface area contributed by atoms with Crippen LogP contribution in [-0.2, 0) is 4.74 Å². The number of benzene rings is 1. The number of alkyl carbamates (subject to hydrolysis) is 1. The highest BCUT2D eigenvalue weighted by Crippen LogP contribution is 2.41. The summed E-state index contributed by atoms with van der Waals surface area (Å²) in [7, 11) is 0. The van der Waals surface area contributed by atoms with E-state index < -0.39 is 11.2 Å². The van der Waals surface area contributed by atoms with Crippen molar-refractivity contribution < 1.29 is 14.6 Å². The Bertz CT molecular complexity index is 705. The molecule has 1 saturated heterocycles. The molecule has 2 aliphatic rings. The lowest BCUT2D eigenvalue weighted by molar-refractivity contribution is -0.0327. The third kappa shape index (κ3) is 6.69. The molecule has 1 amide bonds. The highest BCUT2D eigenvalue weighted by molar-refractivity contribution is 9.10. The first-order chi connectivity index (χ1) is 14.1. The van der Waals surface area contributed by atoms with Crippen LogP contribution >= 0.6 is 15.9 Å². The fourth-order valence-electron chi connectivity index (χ4n) is 4.81. The number of likely N-dealkylation sites (tertiary alicyclic amines) is 1. The van der Waals surface area contributed by atoms with E-state index in [9.17, 15) is 9.90 Å². The van der Waals surface area contributed by atoms with Crippen LogP contribution < -0.4 is 5.32 Å². The summed E-state index contributed by atoms with van der Waals surface area (Å²) in [6.07, 6.45) is 6.65. The van der Waals surface area contributed by atoms with Crippen molar-refractivity contribution in [2.24, 2.45) is 0 Å². The minimum Gasteiger partial charge on any atom is -0.444 e. The van der Waals surface area contributed by atoms with E-state index >= 15 is 0 Å². The fourth-order valence-corrected chi connectivity index (χ4v) is 5.23. The third-order valence-corrected chi connectivity index (χ3v) is 6.86. The molecule has 6 heteroatoms. The molecule has 168 valence electrons. The number of carbonyl (C=O) groups is 1. The topological polar surface area (TPSA) is 61.8 Å². The molecule has 1 aromatic carbocycles. The van der Waals surface area contributed by atoms with Gasteiger partial charge in [-0.2, -0.15) is 0 Å². The van der Waals surface area contributed by atoms with Crippen LogP contribution in [0, 0.1) is 0 Å². The van der Waals surface area contributed by atoms with E-state index in [0.717, 1.165) is 62.6 Å². The van der Waals surface area contributed by atoms with Crippen LogP contribution in [0.1, 0.15) is 77.2 Å². The minimum absolute atomic E-state index is 0.102. The average molecular weight is 481 g/mol. The molecule has 0 spiro atoms. The van der Waals surface area contributed by atoms with Crippen LogP contribution in [0.4, 0.5) is 4.79 Å². The maximum absolute atomic E-state index is 12.1. The standard InChI is InChI=1S/C24H37BrN2O3/c1-23(2,3)30-22(28)26-20-10-14-27(15-11-20)17-21(18-8-7-9-19(25)16-18)24(29)12-5-4-6-13-24/h7-9,16,20-21,29H,4-6,10-15,17H2,1-3H3,(H,26,28).